The van der Waals surface area contributed by atoms with Gasteiger partial charge in [0.15, 0.2) is 0 Å². The number of aliphatic hydroxyl groups is 1. The molecule has 3 nitrogen and oxygen atoms in total. The minimum atomic E-state index is 0.165. The quantitative estimate of drug-likeness (QED) is 0.721. The molecule has 0 radical (unpaired) electrons. The first kappa shape index (κ1) is 10.7. The molecule has 0 aliphatic heterocycles. The van der Waals surface area contributed by atoms with Crippen LogP contribution in [0.25, 0.3) is 0 Å². The van der Waals surface area contributed by atoms with Crippen molar-refractivity contribution < 1.29 is 14.6 Å². The maximum Gasteiger partial charge on any atom is 0.150 e. The largest absolute Gasteiger partial charge is 0.496 e. The van der Waals surface area contributed by atoms with E-state index >= 15 is 0 Å². The number of carbonyl (C=O) groups excluding carboxylic acids is 1. The second-order valence-electron chi connectivity index (χ2n) is 3.02. The van der Waals surface area contributed by atoms with Crippen molar-refractivity contribution in [2.24, 2.45) is 0 Å². The SMILES string of the molecule is COc1cc(C=O)ccc1CCCO. The zero-order chi connectivity index (χ0) is 10.4. The van der Waals surface area contributed by atoms with E-state index < -0.39 is 0 Å². The first-order chi connectivity index (χ1) is 6.81. The van der Waals surface area contributed by atoms with Gasteiger partial charge in [-0.05, 0) is 24.5 Å². The first-order valence-corrected chi connectivity index (χ1v) is 4.54. The number of aryl methyl sites for hydroxylation is 1. The lowest BCUT2D eigenvalue weighted by Crippen LogP contribution is -1.95. The van der Waals surface area contributed by atoms with Gasteiger partial charge < -0.3 is 9.84 Å². The summed E-state index contributed by atoms with van der Waals surface area (Å²) in [7, 11) is 1.58. The Hall–Kier alpha value is -1.35. The summed E-state index contributed by atoms with van der Waals surface area (Å²) in [6.07, 6.45) is 2.26. The average Bonchev–Trinajstić information content (AvgIpc) is 2.26. The van der Waals surface area contributed by atoms with E-state index in [1.807, 2.05) is 6.07 Å². The fourth-order valence-corrected chi connectivity index (χ4v) is 1.31. The molecule has 0 aliphatic carbocycles. The van der Waals surface area contributed by atoms with Crippen molar-refractivity contribution in [2.75, 3.05) is 13.7 Å². The molecule has 1 N–H and O–H groups in total. The van der Waals surface area contributed by atoms with Crippen LogP contribution in [0.15, 0.2) is 18.2 Å². The highest BCUT2D eigenvalue weighted by molar-refractivity contribution is 5.75. The number of benzene rings is 1. The van der Waals surface area contributed by atoms with E-state index in [1.54, 1.807) is 19.2 Å². The van der Waals surface area contributed by atoms with Gasteiger partial charge in [0.05, 0.1) is 7.11 Å². The van der Waals surface area contributed by atoms with Crippen LogP contribution in [0.1, 0.15) is 22.3 Å². The smallest absolute Gasteiger partial charge is 0.150 e. The maximum absolute atomic E-state index is 10.5. The molecule has 0 saturated carbocycles. The summed E-state index contributed by atoms with van der Waals surface area (Å²) in [6, 6.07) is 5.32. The molecule has 0 spiro atoms. The summed E-state index contributed by atoms with van der Waals surface area (Å²) >= 11 is 0. The Labute approximate surface area is 83.3 Å². The zero-order valence-corrected chi connectivity index (χ0v) is 8.19. The number of methoxy groups -OCH3 is 1. The molecule has 76 valence electrons. The normalized spacial score (nSPS) is 9.86. The van der Waals surface area contributed by atoms with Crippen LogP contribution in [0, 0.1) is 0 Å². The average molecular weight is 194 g/mol. The first-order valence-electron chi connectivity index (χ1n) is 4.54. The predicted molar refractivity (Wildman–Crippen MR) is 53.8 cm³/mol. The Morgan fingerprint density at radius 3 is 2.86 bits per heavy atom. The second kappa shape index (κ2) is 5.40. The van der Waals surface area contributed by atoms with Gasteiger partial charge in [0, 0.05) is 12.2 Å². The summed E-state index contributed by atoms with van der Waals surface area (Å²) < 4.78 is 5.14. The van der Waals surface area contributed by atoms with Gasteiger partial charge in [-0.3, -0.25) is 4.79 Å². The molecule has 14 heavy (non-hydrogen) atoms. The summed E-state index contributed by atoms with van der Waals surface area (Å²) in [5.74, 6) is 0.711. The summed E-state index contributed by atoms with van der Waals surface area (Å²) in [4.78, 5) is 10.5. The molecule has 0 heterocycles. The van der Waals surface area contributed by atoms with E-state index in [0.717, 1.165) is 18.3 Å². The molecule has 1 aromatic carbocycles. The van der Waals surface area contributed by atoms with Crippen LogP contribution in [0.2, 0.25) is 0 Å². The molecule has 0 aliphatic rings. The van der Waals surface area contributed by atoms with Crippen LogP contribution in [-0.2, 0) is 6.42 Å². The van der Waals surface area contributed by atoms with Crippen LogP contribution in [0.5, 0.6) is 5.75 Å². The predicted octanol–water partition coefficient (Wildman–Crippen LogP) is 1.43. The van der Waals surface area contributed by atoms with Gasteiger partial charge in [0.1, 0.15) is 12.0 Å². The Morgan fingerprint density at radius 1 is 1.50 bits per heavy atom. The molecule has 1 rings (SSSR count). The zero-order valence-electron chi connectivity index (χ0n) is 8.19. The van der Waals surface area contributed by atoms with Crippen LogP contribution in [0.3, 0.4) is 0 Å². The van der Waals surface area contributed by atoms with Gasteiger partial charge >= 0.3 is 0 Å². The van der Waals surface area contributed by atoms with Gasteiger partial charge in [0.25, 0.3) is 0 Å². The number of hydrogen-bond acceptors (Lipinski definition) is 3. The van der Waals surface area contributed by atoms with Crippen LogP contribution in [-0.4, -0.2) is 25.1 Å². The number of aldehydes is 1. The van der Waals surface area contributed by atoms with Crippen molar-refractivity contribution >= 4 is 6.29 Å². The fraction of sp³-hybridized carbons (Fsp3) is 0.364. The molecular weight excluding hydrogens is 180 g/mol. The number of aliphatic hydroxyl groups excluding tert-OH is 1. The van der Waals surface area contributed by atoms with Gasteiger partial charge in [-0.1, -0.05) is 12.1 Å². The van der Waals surface area contributed by atoms with Crippen molar-refractivity contribution in [3.63, 3.8) is 0 Å². The molecule has 0 bridgehead atoms. The van der Waals surface area contributed by atoms with E-state index in [2.05, 4.69) is 0 Å². The highest BCUT2D eigenvalue weighted by Gasteiger charge is 2.03. The fourth-order valence-electron chi connectivity index (χ4n) is 1.31. The molecule has 1 aromatic rings. The van der Waals surface area contributed by atoms with Crippen LogP contribution < -0.4 is 4.74 Å². The van der Waals surface area contributed by atoms with E-state index in [9.17, 15) is 4.79 Å². The van der Waals surface area contributed by atoms with E-state index in [1.165, 1.54) is 0 Å². The third-order valence-corrected chi connectivity index (χ3v) is 2.05. The molecule has 0 atom stereocenters. The Morgan fingerprint density at radius 2 is 2.29 bits per heavy atom. The van der Waals surface area contributed by atoms with E-state index in [4.69, 9.17) is 9.84 Å². The number of carbonyl (C=O) groups is 1. The Bertz CT molecular complexity index is 307. The van der Waals surface area contributed by atoms with Crippen molar-refractivity contribution in [3.8, 4) is 5.75 Å². The molecule has 0 unspecified atom stereocenters. The summed E-state index contributed by atoms with van der Waals surface area (Å²) in [6.45, 7) is 0.165. The molecule has 0 fully saturated rings. The second-order valence-corrected chi connectivity index (χ2v) is 3.02. The molecule has 3 heteroatoms. The maximum atomic E-state index is 10.5. The molecular formula is C11H14O3. The molecule has 0 aromatic heterocycles. The third-order valence-electron chi connectivity index (χ3n) is 2.05. The minimum absolute atomic E-state index is 0.165. The van der Waals surface area contributed by atoms with Gasteiger partial charge in [-0.2, -0.15) is 0 Å². The monoisotopic (exact) mass is 194 g/mol. The van der Waals surface area contributed by atoms with Crippen molar-refractivity contribution in [1.82, 2.24) is 0 Å². The molecule has 0 saturated heterocycles. The lowest BCUT2D eigenvalue weighted by Gasteiger charge is -2.07. The summed E-state index contributed by atoms with van der Waals surface area (Å²) in [5.41, 5.74) is 1.63. The van der Waals surface area contributed by atoms with Crippen molar-refractivity contribution in [1.29, 1.82) is 0 Å². The van der Waals surface area contributed by atoms with Crippen molar-refractivity contribution in [3.05, 3.63) is 29.3 Å². The lowest BCUT2D eigenvalue weighted by molar-refractivity contribution is 0.112. The highest BCUT2D eigenvalue weighted by Crippen LogP contribution is 2.20. The van der Waals surface area contributed by atoms with Gasteiger partial charge in [-0.15, -0.1) is 0 Å². The Balaban J connectivity index is 2.87. The highest BCUT2D eigenvalue weighted by atomic mass is 16.5. The summed E-state index contributed by atoms with van der Waals surface area (Å²) in [5, 5.41) is 8.69. The van der Waals surface area contributed by atoms with E-state index in [-0.39, 0.29) is 6.61 Å². The lowest BCUT2D eigenvalue weighted by atomic mass is 10.1. The number of rotatable bonds is 5. The number of hydrogen-bond donors (Lipinski definition) is 1. The van der Waals surface area contributed by atoms with E-state index in [0.29, 0.717) is 17.7 Å². The standard InChI is InChI=1S/C11H14O3/c1-14-11-7-9(8-13)4-5-10(11)3-2-6-12/h4-5,7-8,12H,2-3,6H2,1H3. The van der Waals surface area contributed by atoms with Crippen LogP contribution >= 0.6 is 0 Å². The molecule has 0 amide bonds. The van der Waals surface area contributed by atoms with Crippen LogP contribution in [0.4, 0.5) is 0 Å². The Kier molecular flexibility index (Phi) is 4.13. The number of ether oxygens (including phenoxy) is 1. The minimum Gasteiger partial charge on any atom is -0.496 e. The van der Waals surface area contributed by atoms with Crippen molar-refractivity contribution in [2.45, 2.75) is 12.8 Å². The van der Waals surface area contributed by atoms with Gasteiger partial charge in [0.2, 0.25) is 0 Å². The van der Waals surface area contributed by atoms with Gasteiger partial charge in [-0.25, -0.2) is 0 Å². The topological polar surface area (TPSA) is 46.5 Å². The third kappa shape index (κ3) is 2.57.